The fraction of sp³-hybridized carbons (Fsp3) is 0.591. The van der Waals surface area contributed by atoms with Crippen LogP contribution in [0.25, 0.3) is 0 Å². The van der Waals surface area contributed by atoms with E-state index in [1.54, 1.807) is 41.2 Å². The Morgan fingerprint density at radius 1 is 1.07 bits per heavy atom. The molecule has 2 saturated heterocycles. The van der Waals surface area contributed by atoms with Gasteiger partial charge in [0.1, 0.15) is 17.9 Å². The summed E-state index contributed by atoms with van der Waals surface area (Å²) in [5.41, 5.74) is 0.473. The molecular weight excluding hydrogens is 386 g/mol. The molecule has 1 N–H and O–H groups in total. The van der Waals surface area contributed by atoms with Gasteiger partial charge in [-0.15, -0.1) is 0 Å². The molecule has 2 unspecified atom stereocenters. The quantitative estimate of drug-likeness (QED) is 0.754. The summed E-state index contributed by atoms with van der Waals surface area (Å²) in [5, 5.41) is 2.87. The third-order valence-electron chi connectivity index (χ3n) is 5.68. The summed E-state index contributed by atoms with van der Waals surface area (Å²) in [6.07, 6.45) is 1.35. The lowest BCUT2D eigenvalue weighted by Crippen LogP contribution is -2.58. The van der Waals surface area contributed by atoms with E-state index in [2.05, 4.69) is 5.32 Å². The van der Waals surface area contributed by atoms with Crippen LogP contribution < -0.4 is 10.1 Å². The number of ether oxygens (including phenoxy) is 2. The van der Waals surface area contributed by atoms with E-state index in [0.717, 1.165) is 12.8 Å². The number of nitrogens with zero attached hydrogens (tertiary/aromatic N) is 2. The van der Waals surface area contributed by atoms with Crippen molar-refractivity contribution in [2.45, 2.75) is 38.8 Å². The van der Waals surface area contributed by atoms with Crippen molar-refractivity contribution in [1.82, 2.24) is 15.1 Å². The molecule has 164 valence electrons. The molecule has 30 heavy (non-hydrogen) atoms. The molecule has 0 saturated carbocycles. The average Bonchev–Trinajstić information content (AvgIpc) is 3.31. The maximum atomic E-state index is 13.1. The van der Waals surface area contributed by atoms with Crippen molar-refractivity contribution in [3.05, 3.63) is 29.8 Å². The zero-order valence-electron chi connectivity index (χ0n) is 17.9. The third kappa shape index (κ3) is 5.11. The molecule has 2 heterocycles. The van der Waals surface area contributed by atoms with Gasteiger partial charge >= 0.3 is 0 Å². The second kappa shape index (κ2) is 9.93. The highest BCUT2D eigenvalue weighted by Gasteiger charge is 2.34. The van der Waals surface area contributed by atoms with E-state index in [-0.39, 0.29) is 29.7 Å². The molecule has 1 aromatic rings. The maximum absolute atomic E-state index is 13.1. The van der Waals surface area contributed by atoms with E-state index < -0.39 is 6.04 Å². The lowest BCUT2D eigenvalue weighted by molar-refractivity contribution is -0.146. The minimum Gasteiger partial charge on any atom is -0.497 e. The van der Waals surface area contributed by atoms with Gasteiger partial charge in [0, 0.05) is 38.3 Å². The van der Waals surface area contributed by atoms with E-state index in [4.69, 9.17) is 9.47 Å². The second-order valence-corrected chi connectivity index (χ2v) is 8.08. The van der Waals surface area contributed by atoms with Gasteiger partial charge in [-0.1, -0.05) is 13.8 Å². The molecular formula is C22H31N3O5. The zero-order valence-corrected chi connectivity index (χ0v) is 17.9. The predicted octanol–water partition coefficient (Wildman–Crippen LogP) is 1.30. The molecule has 0 aliphatic carbocycles. The van der Waals surface area contributed by atoms with Crippen LogP contribution in [0.4, 0.5) is 0 Å². The summed E-state index contributed by atoms with van der Waals surface area (Å²) >= 11 is 0. The molecule has 0 spiro atoms. The number of nitrogens with one attached hydrogen (secondary N) is 1. The van der Waals surface area contributed by atoms with E-state index in [9.17, 15) is 14.4 Å². The summed E-state index contributed by atoms with van der Waals surface area (Å²) < 4.78 is 10.6. The molecule has 2 aliphatic rings. The summed E-state index contributed by atoms with van der Waals surface area (Å²) in [6, 6.07) is 6.15. The molecule has 8 nitrogen and oxygen atoms in total. The highest BCUT2D eigenvalue weighted by molar-refractivity contribution is 5.97. The highest BCUT2D eigenvalue weighted by atomic mass is 16.5. The Bertz CT molecular complexity index is 751. The second-order valence-electron chi connectivity index (χ2n) is 8.08. The first-order valence-corrected chi connectivity index (χ1v) is 10.5. The van der Waals surface area contributed by atoms with Crippen molar-refractivity contribution in [3.63, 3.8) is 0 Å². The first-order valence-electron chi connectivity index (χ1n) is 10.5. The van der Waals surface area contributed by atoms with Crippen molar-refractivity contribution in [1.29, 1.82) is 0 Å². The monoisotopic (exact) mass is 417 g/mol. The van der Waals surface area contributed by atoms with Gasteiger partial charge in [-0.25, -0.2) is 0 Å². The van der Waals surface area contributed by atoms with Gasteiger partial charge in [0.25, 0.3) is 11.8 Å². The lowest BCUT2D eigenvalue weighted by Gasteiger charge is -2.38. The van der Waals surface area contributed by atoms with Gasteiger partial charge in [0.15, 0.2) is 0 Å². The maximum Gasteiger partial charge on any atom is 0.251 e. The van der Waals surface area contributed by atoms with Crippen molar-refractivity contribution in [2.24, 2.45) is 5.92 Å². The smallest absolute Gasteiger partial charge is 0.251 e. The minimum absolute atomic E-state index is 0.0211. The largest absolute Gasteiger partial charge is 0.497 e. The number of methoxy groups -OCH3 is 1. The summed E-state index contributed by atoms with van der Waals surface area (Å²) in [6.45, 7) is 6.35. The van der Waals surface area contributed by atoms with Gasteiger partial charge in [-0.3, -0.25) is 14.4 Å². The average molecular weight is 418 g/mol. The van der Waals surface area contributed by atoms with Crippen molar-refractivity contribution < 1.29 is 23.9 Å². The minimum atomic E-state index is -0.625. The number of benzene rings is 1. The Morgan fingerprint density at radius 3 is 2.23 bits per heavy atom. The van der Waals surface area contributed by atoms with Crippen molar-refractivity contribution >= 4 is 17.7 Å². The molecule has 0 radical (unpaired) electrons. The van der Waals surface area contributed by atoms with Gasteiger partial charge in [-0.2, -0.15) is 0 Å². The fourth-order valence-corrected chi connectivity index (χ4v) is 3.80. The van der Waals surface area contributed by atoms with Crippen LogP contribution in [0.15, 0.2) is 24.3 Å². The van der Waals surface area contributed by atoms with Crippen LogP contribution in [0.3, 0.4) is 0 Å². The third-order valence-corrected chi connectivity index (χ3v) is 5.68. The van der Waals surface area contributed by atoms with Gasteiger partial charge in [0.05, 0.1) is 7.11 Å². The predicted molar refractivity (Wildman–Crippen MR) is 111 cm³/mol. The lowest BCUT2D eigenvalue weighted by atomic mass is 10.0. The van der Waals surface area contributed by atoms with Crippen molar-refractivity contribution in [2.75, 3.05) is 39.9 Å². The summed E-state index contributed by atoms with van der Waals surface area (Å²) in [5.74, 6) is 0.213. The number of rotatable bonds is 6. The van der Waals surface area contributed by atoms with Crippen LogP contribution in [0.2, 0.25) is 0 Å². The first kappa shape index (κ1) is 22.1. The molecule has 2 atom stereocenters. The SMILES string of the molecule is COc1ccc(C(=O)NC(C(=O)N2CCN(C(=O)C3CCCO3)CC2)C(C)C)cc1. The Balaban J connectivity index is 1.57. The van der Waals surface area contributed by atoms with E-state index in [1.807, 2.05) is 13.8 Å². The van der Waals surface area contributed by atoms with Crippen LogP contribution in [-0.4, -0.2) is 79.6 Å². The molecule has 0 aromatic heterocycles. The molecule has 8 heteroatoms. The number of hydrogen-bond acceptors (Lipinski definition) is 5. The Kier molecular flexibility index (Phi) is 7.31. The Hall–Kier alpha value is -2.61. The molecule has 2 aliphatic heterocycles. The van der Waals surface area contributed by atoms with Crippen LogP contribution in [0, 0.1) is 5.92 Å². The molecule has 3 amide bonds. The van der Waals surface area contributed by atoms with Crippen molar-refractivity contribution in [3.8, 4) is 5.75 Å². The van der Waals surface area contributed by atoms with Crippen LogP contribution in [0.1, 0.15) is 37.0 Å². The normalized spacial score (nSPS) is 20.2. The van der Waals surface area contributed by atoms with Crippen LogP contribution in [0.5, 0.6) is 5.75 Å². The van der Waals surface area contributed by atoms with Gasteiger partial charge in [0.2, 0.25) is 5.91 Å². The number of piperazine rings is 1. The van der Waals surface area contributed by atoms with Crippen LogP contribution >= 0.6 is 0 Å². The number of hydrogen-bond donors (Lipinski definition) is 1. The zero-order chi connectivity index (χ0) is 21.7. The summed E-state index contributed by atoms with van der Waals surface area (Å²) in [7, 11) is 1.57. The van der Waals surface area contributed by atoms with E-state index in [1.165, 1.54) is 0 Å². The summed E-state index contributed by atoms with van der Waals surface area (Å²) in [4.78, 5) is 41.8. The fourth-order valence-electron chi connectivity index (χ4n) is 3.80. The standard InChI is InChI=1S/C22H31N3O5/c1-15(2)19(23-20(26)16-6-8-17(29-3)9-7-16)22(28)25-12-10-24(11-13-25)21(27)18-5-4-14-30-18/h6-9,15,18-19H,4-5,10-14H2,1-3H3,(H,23,26). The number of amides is 3. The topological polar surface area (TPSA) is 88.2 Å². The molecule has 1 aromatic carbocycles. The highest BCUT2D eigenvalue weighted by Crippen LogP contribution is 2.17. The van der Waals surface area contributed by atoms with Gasteiger partial charge in [-0.05, 0) is 43.0 Å². The number of carbonyl (C=O) groups excluding carboxylic acids is 3. The number of carbonyl (C=O) groups is 3. The van der Waals surface area contributed by atoms with E-state index >= 15 is 0 Å². The van der Waals surface area contributed by atoms with Crippen LogP contribution in [-0.2, 0) is 14.3 Å². The van der Waals surface area contributed by atoms with E-state index in [0.29, 0.717) is 44.1 Å². The molecule has 0 bridgehead atoms. The molecule has 2 fully saturated rings. The first-order chi connectivity index (χ1) is 14.4. The Morgan fingerprint density at radius 2 is 1.70 bits per heavy atom. The Labute approximate surface area is 177 Å². The van der Waals surface area contributed by atoms with Gasteiger partial charge < -0.3 is 24.6 Å². The molecule has 3 rings (SSSR count).